The summed E-state index contributed by atoms with van der Waals surface area (Å²) in [6.07, 6.45) is 0. The topological polar surface area (TPSA) is 0 Å². The molecule has 0 atom stereocenters. The van der Waals surface area contributed by atoms with Crippen molar-refractivity contribution in [1.29, 1.82) is 0 Å². The van der Waals surface area contributed by atoms with Crippen molar-refractivity contribution in [3.8, 4) is 11.1 Å². The summed E-state index contributed by atoms with van der Waals surface area (Å²) in [5, 5.41) is 0. The van der Waals surface area contributed by atoms with Crippen LogP contribution in [0.1, 0.15) is 0 Å². The Hall–Kier alpha value is 0.0764. The summed E-state index contributed by atoms with van der Waals surface area (Å²) in [6.45, 7) is 0. The molecular formula is C12H10K. The summed E-state index contributed by atoms with van der Waals surface area (Å²) >= 11 is 0. The van der Waals surface area contributed by atoms with Crippen LogP contribution in [0, 0.1) is 0 Å². The zero-order valence-electron chi connectivity index (χ0n) is 7.77. The second-order valence-electron chi connectivity index (χ2n) is 2.73. The van der Waals surface area contributed by atoms with Gasteiger partial charge in [0, 0.05) is 51.4 Å². The fourth-order valence-corrected chi connectivity index (χ4v) is 1.26. The Labute approximate surface area is 121 Å². The second-order valence-corrected chi connectivity index (χ2v) is 2.73. The van der Waals surface area contributed by atoms with Crippen molar-refractivity contribution in [2.75, 3.05) is 0 Å². The minimum Gasteiger partial charge on any atom is -0.0622 e. The summed E-state index contributed by atoms with van der Waals surface area (Å²) in [5.74, 6) is 0. The molecule has 2 aromatic rings. The molecule has 0 bridgehead atoms. The number of rotatable bonds is 1. The molecule has 0 N–H and O–H groups in total. The molecule has 13 heavy (non-hydrogen) atoms. The largest absolute Gasteiger partial charge is 0.0622 e. The third-order valence-electron chi connectivity index (χ3n) is 1.88. The Balaban J connectivity index is 0.000000845. The van der Waals surface area contributed by atoms with Gasteiger partial charge in [0.15, 0.2) is 0 Å². The van der Waals surface area contributed by atoms with E-state index in [4.69, 9.17) is 0 Å². The molecule has 0 aliphatic heterocycles. The Morgan fingerprint density at radius 1 is 0.462 bits per heavy atom. The van der Waals surface area contributed by atoms with E-state index in [0.717, 1.165) is 0 Å². The SMILES string of the molecule is [K].c1ccc(-c2ccccc2)cc1. The van der Waals surface area contributed by atoms with Crippen molar-refractivity contribution in [3.05, 3.63) is 60.7 Å². The maximum Gasteiger partial charge on any atom is 0 e. The number of hydrogen-bond donors (Lipinski definition) is 0. The quantitative estimate of drug-likeness (QED) is 0.611. The average molecular weight is 193 g/mol. The van der Waals surface area contributed by atoms with Gasteiger partial charge in [-0.05, 0) is 11.1 Å². The van der Waals surface area contributed by atoms with Gasteiger partial charge in [-0.3, -0.25) is 0 Å². The van der Waals surface area contributed by atoms with Gasteiger partial charge in [-0.15, -0.1) is 0 Å². The van der Waals surface area contributed by atoms with E-state index in [9.17, 15) is 0 Å². The molecule has 0 nitrogen and oxygen atoms in total. The van der Waals surface area contributed by atoms with Crippen LogP contribution in [0.5, 0.6) is 0 Å². The molecule has 0 aliphatic carbocycles. The molecule has 0 spiro atoms. The first-order valence-corrected chi connectivity index (χ1v) is 4.07. The molecule has 1 radical (unpaired) electrons. The Morgan fingerprint density at radius 2 is 0.769 bits per heavy atom. The molecule has 2 rings (SSSR count). The van der Waals surface area contributed by atoms with Gasteiger partial charge in [-0.25, -0.2) is 0 Å². The van der Waals surface area contributed by atoms with Gasteiger partial charge >= 0.3 is 0 Å². The van der Waals surface area contributed by atoms with E-state index < -0.39 is 0 Å². The molecule has 2 aromatic carbocycles. The summed E-state index contributed by atoms with van der Waals surface area (Å²) in [7, 11) is 0. The maximum atomic E-state index is 2.12. The standard InChI is InChI=1S/C12H10.K/c1-3-7-11(8-4-1)12-9-5-2-6-10-12;/h1-10H;. The van der Waals surface area contributed by atoms with Crippen LogP contribution in [0.15, 0.2) is 60.7 Å². The summed E-state index contributed by atoms with van der Waals surface area (Å²) in [4.78, 5) is 0. The molecular weight excluding hydrogens is 183 g/mol. The first-order chi connectivity index (χ1) is 5.97. The van der Waals surface area contributed by atoms with Gasteiger partial charge in [0.1, 0.15) is 0 Å². The fraction of sp³-hybridized carbons (Fsp3) is 0. The molecule has 1 heteroatoms. The molecule has 0 aliphatic rings. The first-order valence-electron chi connectivity index (χ1n) is 4.07. The molecule has 0 saturated carbocycles. The predicted molar refractivity (Wildman–Crippen MR) is 57.6 cm³/mol. The number of benzene rings is 2. The van der Waals surface area contributed by atoms with Gasteiger partial charge in [0.2, 0.25) is 0 Å². The Bertz CT molecular complexity index is 303. The van der Waals surface area contributed by atoms with Gasteiger partial charge in [0.05, 0.1) is 0 Å². The van der Waals surface area contributed by atoms with Gasteiger partial charge in [-0.2, -0.15) is 0 Å². The predicted octanol–water partition coefficient (Wildman–Crippen LogP) is 2.97. The molecule has 0 fully saturated rings. The van der Waals surface area contributed by atoms with E-state index in [-0.39, 0.29) is 51.4 Å². The van der Waals surface area contributed by atoms with E-state index >= 15 is 0 Å². The maximum absolute atomic E-state index is 2.12. The van der Waals surface area contributed by atoms with E-state index in [1.807, 2.05) is 12.1 Å². The van der Waals surface area contributed by atoms with Crippen LogP contribution in [0.3, 0.4) is 0 Å². The van der Waals surface area contributed by atoms with E-state index in [0.29, 0.717) is 0 Å². The van der Waals surface area contributed by atoms with Crippen LogP contribution >= 0.6 is 0 Å². The van der Waals surface area contributed by atoms with Crippen molar-refractivity contribution in [3.63, 3.8) is 0 Å². The minimum absolute atomic E-state index is 0. The first kappa shape index (κ1) is 11.2. The van der Waals surface area contributed by atoms with Crippen LogP contribution in [-0.4, -0.2) is 51.4 Å². The van der Waals surface area contributed by atoms with Gasteiger partial charge in [-0.1, -0.05) is 60.7 Å². The minimum atomic E-state index is 0. The number of hydrogen-bond acceptors (Lipinski definition) is 0. The third kappa shape index (κ3) is 3.04. The van der Waals surface area contributed by atoms with Crippen molar-refractivity contribution in [2.24, 2.45) is 0 Å². The smallest absolute Gasteiger partial charge is 0 e. The molecule has 0 heterocycles. The van der Waals surface area contributed by atoms with E-state index in [2.05, 4.69) is 48.5 Å². The molecule has 0 unspecified atom stereocenters. The monoisotopic (exact) mass is 193 g/mol. The second kappa shape index (κ2) is 5.73. The van der Waals surface area contributed by atoms with Crippen molar-refractivity contribution < 1.29 is 0 Å². The zero-order valence-corrected chi connectivity index (χ0v) is 10.9. The van der Waals surface area contributed by atoms with Crippen molar-refractivity contribution >= 4 is 51.4 Å². The van der Waals surface area contributed by atoms with Gasteiger partial charge < -0.3 is 0 Å². The normalized spacial score (nSPS) is 8.92. The van der Waals surface area contributed by atoms with Gasteiger partial charge in [0.25, 0.3) is 0 Å². The average Bonchev–Trinajstić information content (AvgIpc) is 2.21. The summed E-state index contributed by atoms with van der Waals surface area (Å²) in [6, 6.07) is 20.8. The Morgan fingerprint density at radius 3 is 1.08 bits per heavy atom. The molecule has 0 amide bonds. The Kier molecular flexibility index (Phi) is 4.92. The molecule has 0 aromatic heterocycles. The van der Waals surface area contributed by atoms with E-state index in [1.54, 1.807) is 0 Å². The molecule has 0 saturated heterocycles. The van der Waals surface area contributed by atoms with Crippen LogP contribution in [0.25, 0.3) is 11.1 Å². The third-order valence-corrected chi connectivity index (χ3v) is 1.88. The van der Waals surface area contributed by atoms with Crippen molar-refractivity contribution in [2.45, 2.75) is 0 Å². The van der Waals surface area contributed by atoms with Crippen LogP contribution in [0.2, 0.25) is 0 Å². The molecule has 59 valence electrons. The zero-order chi connectivity index (χ0) is 8.23. The summed E-state index contributed by atoms with van der Waals surface area (Å²) < 4.78 is 0. The van der Waals surface area contributed by atoms with Crippen molar-refractivity contribution in [1.82, 2.24) is 0 Å². The summed E-state index contributed by atoms with van der Waals surface area (Å²) in [5.41, 5.74) is 2.55. The fourth-order valence-electron chi connectivity index (χ4n) is 1.26. The van der Waals surface area contributed by atoms with Crippen LogP contribution in [0.4, 0.5) is 0 Å². The van der Waals surface area contributed by atoms with Crippen LogP contribution in [-0.2, 0) is 0 Å². The van der Waals surface area contributed by atoms with E-state index in [1.165, 1.54) is 11.1 Å². The van der Waals surface area contributed by atoms with Crippen LogP contribution < -0.4 is 0 Å².